The van der Waals surface area contributed by atoms with Crippen molar-refractivity contribution in [1.29, 1.82) is 0 Å². The molecule has 1 saturated carbocycles. The summed E-state index contributed by atoms with van der Waals surface area (Å²) in [7, 11) is 5.05. The molecule has 1 heterocycles. The smallest absolute Gasteiger partial charge is 0.323 e. The maximum Gasteiger partial charge on any atom is 0.323 e. The molecular formula is C29H40N4O5. The average Bonchev–Trinajstić information content (AvgIpc) is 3.73. The van der Waals surface area contributed by atoms with E-state index in [4.69, 9.17) is 14.2 Å². The molecule has 206 valence electrons. The Kier molecular flexibility index (Phi) is 9.12. The van der Waals surface area contributed by atoms with Gasteiger partial charge in [0.1, 0.15) is 18.1 Å². The van der Waals surface area contributed by atoms with Gasteiger partial charge in [0.25, 0.3) is 5.91 Å². The van der Waals surface area contributed by atoms with Crippen molar-refractivity contribution in [2.75, 3.05) is 58.1 Å². The van der Waals surface area contributed by atoms with E-state index < -0.39 is 6.03 Å². The van der Waals surface area contributed by atoms with Crippen LogP contribution in [0.15, 0.2) is 42.5 Å². The van der Waals surface area contributed by atoms with E-state index in [0.717, 1.165) is 19.0 Å². The highest BCUT2D eigenvalue weighted by molar-refractivity contribution is 6.02. The number of urea groups is 1. The van der Waals surface area contributed by atoms with Crippen molar-refractivity contribution in [3.63, 3.8) is 0 Å². The number of likely N-dealkylation sites (N-methyl/N-ethyl adjacent to an activating group) is 1. The van der Waals surface area contributed by atoms with Crippen molar-refractivity contribution in [2.45, 2.75) is 38.8 Å². The number of benzene rings is 2. The van der Waals surface area contributed by atoms with Gasteiger partial charge in [-0.25, -0.2) is 4.79 Å². The summed E-state index contributed by atoms with van der Waals surface area (Å²) >= 11 is 0. The van der Waals surface area contributed by atoms with E-state index in [1.54, 1.807) is 68.6 Å². The van der Waals surface area contributed by atoms with Crippen LogP contribution in [0.3, 0.4) is 0 Å². The second-order valence-electron chi connectivity index (χ2n) is 10.5. The van der Waals surface area contributed by atoms with Crippen LogP contribution in [0.1, 0.15) is 37.0 Å². The standard InChI is InChI=1S/C29H40N4O5/c1-19-15-33(16-21-9-10-21)20(2)18-38-26-12-11-23(14-25(26)28(34)32(3)17-27(19)37-5)31-29(35)30-22-7-6-8-24(13-22)36-4/h6-8,11-14,19-21,27H,9-10,15-18H2,1-5H3,(H2,30,31,35)/t19-,20+,27+/m1/s1. The third-order valence-electron chi connectivity index (χ3n) is 7.35. The van der Waals surface area contributed by atoms with Crippen LogP contribution in [0.4, 0.5) is 16.2 Å². The summed E-state index contributed by atoms with van der Waals surface area (Å²) in [5.41, 5.74) is 1.48. The predicted molar refractivity (Wildman–Crippen MR) is 148 cm³/mol. The van der Waals surface area contributed by atoms with E-state index in [-0.39, 0.29) is 24.0 Å². The number of nitrogens with zero attached hydrogens (tertiary/aromatic N) is 2. The fourth-order valence-corrected chi connectivity index (χ4v) is 4.81. The molecule has 2 N–H and O–H groups in total. The van der Waals surface area contributed by atoms with Crippen molar-refractivity contribution in [3.8, 4) is 11.5 Å². The van der Waals surface area contributed by atoms with Crippen LogP contribution in [0, 0.1) is 11.8 Å². The molecule has 3 amide bonds. The van der Waals surface area contributed by atoms with Gasteiger partial charge in [-0.15, -0.1) is 0 Å². The Morgan fingerprint density at radius 2 is 1.79 bits per heavy atom. The van der Waals surface area contributed by atoms with Gasteiger partial charge in [-0.3, -0.25) is 9.69 Å². The molecule has 0 bridgehead atoms. The molecule has 2 aliphatic rings. The van der Waals surface area contributed by atoms with Gasteiger partial charge in [0.2, 0.25) is 0 Å². The van der Waals surface area contributed by atoms with Gasteiger partial charge in [-0.2, -0.15) is 0 Å². The number of hydrogen-bond acceptors (Lipinski definition) is 6. The fourth-order valence-electron chi connectivity index (χ4n) is 4.81. The maximum atomic E-state index is 13.6. The number of fused-ring (bicyclic) bond motifs is 1. The van der Waals surface area contributed by atoms with Gasteiger partial charge < -0.3 is 29.7 Å². The molecule has 0 unspecified atom stereocenters. The summed E-state index contributed by atoms with van der Waals surface area (Å²) in [6.07, 6.45) is 2.47. The van der Waals surface area contributed by atoms with E-state index in [1.165, 1.54) is 12.8 Å². The Bertz CT molecular complexity index is 1120. The number of amides is 3. The molecular weight excluding hydrogens is 484 g/mol. The second-order valence-corrected chi connectivity index (χ2v) is 10.5. The first kappa shape index (κ1) is 27.7. The molecule has 0 spiro atoms. The van der Waals surface area contributed by atoms with Crippen LogP contribution >= 0.6 is 0 Å². The molecule has 3 atom stereocenters. The monoisotopic (exact) mass is 524 g/mol. The molecule has 1 aliphatic carbocycles. The van der Waals surface area contributed by atoms with Crippen LogP contribution in [-0.4, -0.2) is 81.4 Å². The lowest BCUT2D eigenvalue weighted by Gasteiger charge is -2.36. The Morgan fingerprint density at radius 3 is 2.47 bits per heavy atom. The van der Waals surface area contributed by atoms with Gasteiger partial charge in [0.05, 0.1) is 18.8 Å². The van der Waals surface area contributed by atoms with Crippen LogP contribution in [-0.2, 0) is 4.74 Å². The number of hydrogen-bond donors (Lipinski definition) is 2. The Morgan fingerprint density at radius 1 is 1.05 bits per heavy atom. The van der Waals surface area contributed by atoms with Crippen LogP contribution in [0.25, 0.3) is 0 Å². The van der Waals surface area contributed by atoms with Crippen molar-refractivity contribution in [1.82, 2.24) is 9.80 Å². The molecule has 0 saturated heterocycles. The molecule has 0 radical (unpaired) electrons. The van der Waals surface area contributed by atoms with E-state index in [9.17, 15) is 9.59 Å². The Balaban J connectivity index is 1.55. The maximum absolute atomic E-state index is 13.6. The highest BCUT2D eigenvalue weighted by atomic mass is 16.5. The molecule has 2 aromatic carbocycles. The third-order valence-corrected chi connectivity index (χ3v) is 7.35. The molecule has 9 nitrogen and oxygen atoms in total. The largest absolute Gasteiger partial charge is 0.497 e. The van der Waals surface area contributed by atoms with Crippen LogP contribution in [0.2, 0.25) is 0 Å². The molecule has 4 rings (SSSR count). The molecule has 1 fully saturated rings. The van der Waals surface area contributed by atoms with Gasteiger partial charge >= 0.3 is 6.03 Å². The van der Waals surface area contributed by atoms with Crippen molar-refractivity contribution >= 4 is 23.3 Å². The number of methoxy groups -OCH3 is 2. The minimum absolute atomic E-state index is 0.100. The number of ether oxygens (including phenoxy) is 3. The topological polar surface area (TPSA) is 92.4 Å². The lowest BCUT2D eigenvalue weighted by Crippen LogP contribution is -2.47. The van der Waals surface area contributed by atoms with E-state index in [2.05, 4.69) is 29.4 Å². The highest BCUT2D eigenvalue weighted by Crippen LogP contribution is 2.32. The summed E-state index contributed by atoms with van der Waals surface area (Å²) in [4.78, 5) is 30.4. The van der Waals surface area contributed by atoms with Crippen LogP contribution < -0.4 is 20.1 Å². The number of carbonyl (C=O) groups is 2. The van der Waals surface area contributed by atoms with Gasteiger partial charge in [0, 0.05) is 57.3 Å². The molecule has 0 aromatic heterocycles. The normalized spacial score (nSPS) is 22.9. The number of nitrogens with one attached hydrogen (secondary N) is 2. The quantitative estimate of drug-likeness (QED) is 0.576. The van der Waals surface area contributed by atoms with Crippen molar-refractivity contribution in [2.24, 2.45) is 11.8 Å². The SMILES string of the molecule is COc1cccc(NC(=O)Nc2ccc3c(c2)C(=O)N(C)C[C@H](OC)[C@H](C)CN(CC2CC2)[C@@H](C)CO3)c1. The summed E-state index contributed by atoms with van der Waals surface area (Å²) in [6, 6.07) is 12.0. The molecule has 1 aliphatic heterocycles. The zero-order valence-corrected chi connectivity index (χ0v) is 23.0. The fraction of sp³-hybridized carbons (Fsp3) is 0.517. The van der Waals surface area contributed by atoms with Gasteiger partial charge in [-0.05, 0) is 61.9 Å². The Hall–Kier alpha value is -3.30. The number of anilines is 2. The third kappa shape index (κ3) is 7.17. The number of carbonyl (C=O) groups excluding carboxylic acids is 2. The van der Waals surface area contributed by atoms with Gasteiger partial charge in [0.15, 0.2) is 0 Å². The zero-order chi connectivity index (χ0) is 27.2. The zero-order valence-electron chi connectivity index (χ0n) is 23.0. The summed E-state index contributed by atoms with van der Waals surface area (Å²) in [5, 5.41) is 5.61. The highest BCUT2D eigenvalue weighted by Gasteiger charge is 2.31. The van der Waals surface area contributed by atoms with E-state index in [0.29, 0.717) is 41.6 Å². The average molecular weight is 525 g/mol. The van der Waals surface area contributed by atoms with E-state index in [1.807, 2.05) is 0 Å². The van der Waals surface area contributed by atoms with Crippen molar-refractivity contribution < 1.29 is 23.8 Å². The summed E-state index contributed by atoms with van der Waals surface area (Å²) < 4.78 is 17.3. The minimum Gasteiger partial charge on any atom is -0.497 e. The molecule has 38 heavy (non-hydrogen) atoms. The van der Waals surface area contributed by atoms with E-state index >= 15 is 0 Å². The lowest BCUT2D eigenvalue weighted by molar-refractivity contribution is 0.00994. The first-order valence-electron chi connectivity index (χ1n) is 13.3. The Labute approximate surface area is 225 Å². The number of rotatable bonds is 6. The van der Waals surface area contributed by atoms with Gasteiger partial charge in [-0.1, -0.05) is 13.0 Å². The second kappa shape index (κ2) is 12.5. The summed E-state index contributed by atoms with van der Waals surface area (Å²) in [5.74, 6) is 1.95. The first-order chi connectivity index (χ1) is 18.3. The van der Waals surface area contributed by atoms with Crippen molar-refractivity contribution in [3.05, 3.63) is 48.0 Å². The first-order valence-corrected chi connectivity index (χ1v) is 13.3. The minimum atomic E-state index is -0.425. The predicted octanol–water partition coefficient (Wildman–Crippen LogP) is 4.56. The summed E-state index contributed by atoms with van der Waals surface area (Å²) in [6.45, 7) is 7.22. The van der Waals surface area contributed by atoms with Crippen LogP contribution in [0.5, 0.6) is 11.5 Å². The molecule has 9 heteroatoms. The molecule has 2 aromatic rings. The lowest BCUT2D eigenvalue weighted by atomic mass is 10.0.